The van der Waals surface area contributed by atoms with Crippen LogP contribution in [0.2, 0.25) is 0 Å². The minimum Gasteiger partial charge on any atom is -0.303 e. The number of unbranched alkanes of at least 4 members (excludes halogenated alkanes) is 1. The standard InChI is InChI=1S/C6H12N2O/c1-8(2)7-5-3-4-6-9/h5-6H,3-4H2,1-2H3. The normalized spacial score (nSPS) is 10.0. The lowest BCUT2D eigenvalue weighted by molar-refractivity contribution is -0.107. The molecule has 0 spiro atoms. The SMILES string of the molecule is CN(C)N=CCCC=O. The Kier molecular flexibility index (Phi) is 4.78. The Hall–Kier alpha value is -0.860. The minimum absolute atomic E-state index is 0.567. The van der Waals surface area contributed by atoms with E-state index in [1.807, 2.05) is 14.1 Å². The molecule has 0 aromatic heterocycles. The highest BCUT2D eigenvalue weighted by Gasteiger charge is 1.78. The van der Waals surface area contributed by atoms with E-state index in [1.54, 1.807) is 11.2 Å². The van der Waals surface area contributed by atoms with Gasteiger partial charge in [0.25, 0.3) is 0 Å². The van der Waals surface area contributed by atoms with E-state index in [2.05, 4.69) is 5.10 Å². The molecule has 0 saturated carbocycles. The van der Waals surface area contributed by atoms with Gasteiger partial charge in [0.05, 0.1) is 0 Å². The van der Waals surface area contributed by atoms with Crippen LogP contribution in [-0.2, 0) is 4.79 Å². The first kappa shape index (κ1) is 8.14. The Labute approximate surface area is 55.4 Å². The van der Waals surface area contributed by atoms with Crippen LogP contribution >= 0.6 is 0 Å². The van der Waals surface area contributed by atoms with Crippen molar-refractivity contribution in [2.24, 2.45) is 5.10 Å². The molecule has 0 aliphatic heterocycles. The third-order valence-corrected chi connectivity index (χ3v) is 0.726. The van der Waals surface area contributed by atoms with Gasteiger partial charge in [-0.25, -0.2) is 0 Å². The number of hydrogen-bond donors (Lipinski definition) is 0. The zero-order chi connectivity index (χ0) is 7.11. The predicted octanol–water partition coefficient (Wildman–Crippen LogP) is 0.513. The van der Waals surface area contributed by atoms with Crippen molar-refractivity contribution >= 4 is 12.5 Å². The predicted molar refractivity (Wildman–Crippen MR) is 37.5 cm³/mol. The number of carbonyl (C=O) groups is 1. The van der Waals surface area contributed by atoms with Gasteiger partial charge in [0, 0.05) is 26.7 Å². The first-order valence-electron chi connectivity index (χ1n) is 2.90. The molecule has 9 heavy (non-hydrogen) atoms. The van der Waals surface area contributed by atoms with Crippen molar-refractivity contribution in [1.29, 1.82) is 0 Å². The molecule has 52 valence electrons. The molecule has 0 heterocycles. The Bertz CT molecular complexity index is 99.2. The van der Waals surface area contributed by atoms with Gasteiger partial charge in [-0.2, -0.15) is 5.10 Å². The molecule has 0 amide bonds. The van der Waals surface area contributed by atoms with Gasteiger partial charge in [-0.1, -0.05) is 0 Å². The van der Waals surface area contributed by atoms with Gasteiger partial charge < -0.3 is 9.80 Å². The molecule has 0 unspecified atom stereocenters. The molecule has 0 aromatic rings. The van der Waals surface area contributed by atoms with Gasteiger partial charge >= 0.3 is 0 Å². The Morgan fingerprint density at radius 2 is 2.11 bits per heavy atom. The van der Waals surface area contributed by atoms with Crippen molar-refractivity contribution in [2.75, 3.05) is 14.1 Å². The second-order valence-corrected chi connectivity index (χ2v) is 1.89. The van der Waals surface area contributed by atoms with Gasteiger partial charge in [0.1, 0.15) is 6.29 Å². The molecule has 0 bridgehead atoms. The van der Waals surface area contributed by atoms with Crippen LogP contribution in [-0.4, -0.2) is 31.6 Å². The summed E-state index contributed by atoms with van der Waals surface area (Å²) in [7, 11) is 3.69. The van der Waals surface area contributed by atoms with Crippen LogP contribution in [0.1, 0.15) is 12.8 Å². The first-order valence-corrected chi connectivity index (χ1v) is 2.90. The molecule has 0 N–H and O–H groups in total. The molecular weight excluding hydrogens is 116 g/mol. The van der Waals surface area contributed by atoms with E-state index in [-0.39, 0.29) is 0 Å². The van der Waals surface area contributed by atoms with Crippen molar-refractivity contribution in [3.05, 3.63) is 0 Å². The summed E-state index contributed by atoms with van der Waals surface area (Å²) in [5.41, 5.74) is 0. The van der Waals surface area contributed by atoms with Gasteiger partial charge in [0.2, 0.25) is 0 Å². The summed E-state index contributed by atoms with van der Waals surface area (Å²) in [6, 6.07) is 0. The van der Waals surface area contributed by atoms with Crippen molar-refractivity contribution in [1.82, 2.24) is 5.01 Å². The molecule has 0 rings (SSSR count). The topological polar surface area (TPSA) is 32.7 Å². The number of aldehydes is 1. The summed E-state index contributed by atoms with van der Waals surface area (Å²) < 4.78 is 0. The third kappa shape index (κ3) is 7.14. The van der Waals surface area contributed by atoms with E-state index in [1.165, 1.54) is 0 Å². The van der Waals surface area contributed by atoms with Crippen molar-refractivity contribution in [3.8, 4) is 0 Å². The lowest BCUT2D eigenvalue weighted by atomic mass is 10.4. The molecule has 0 saturated heterocycles. The van der Waals surface area contributed by atoms with Gasteiger partial charge in [0.15, 0.2) is 0 Å². The number of rotatable bonds is 4. The summed E-state index contributed by atoms with van der Waals surface area (Å²) in [5.74, 6) is 0. The molecular formula is C6H12N2O. The Morgan fingerprint density at radius 1 is 1.44 bits per heavy atom. The molecule has 0 atom stereocenters. The van der Waals surface area contributed by atoms with Crippen LogP contribution in [0.25, 0.3) is 0 Å². The zero-order valence-corrected chi connectivity index (χ0v) is 5.87. The smallest absolute Gasteiger partial charge is 0.120 e. The van der Waals surface area contributed by atoms with Crippen molar-refractivity contribution < 1.29 is 4.79 Å². The first-order chi connectivity index (χ1) is 4.27. The second kappa shape index (κ2) is 5.28. The summed E-state index contributed by atoms with van der Waals surface area (Å²) in [4.78, 5) is 9.77. The summed E-state index contributed by atoms with van der Waals surface area (Å²) in [6.45, 7) is 0. The van der Waals surface area contributed by atoms with Crippen LogP contribution < -0.4 is 0 Å². The summed E-state index contributed by atoms with van der Waals surface area (Å²) in [6.07, 6.45) is 3.93. The summed E-state index contributed by atoms with van der Waals surface area (Å²) >= 11 is 0. The maximum absolute atomic E-state index is 9.77. The highest BCUT2D eigenvalue weighted by molar-refractivity contribution is 5.62. The maximum Gasteiger partial charge on any atom is 0.120 e. The quantitative estimate of drug-likeness (QED) is 0.239. The highest BCUT2D eigenvalue weighted by Crippen LogP contribution is 1.80. The molecule has 0 radical (unpaired) electrons. The maximum atomic E-state index is 9.77. The lowest BCUT2D eigenvalue weighted by Gasteiger charge is -2.00. The fourth-order valence-electron chi connectivity index (χ4n) is 0.364. The summed E-state index contributed by atoms with van der Waals surface area (Å²) in [5, 5.41) is 5.61. The van der Waals surface area contributed by atoms with E-state index >= 15 is 0 Å². The van der Waals surface area contributed by atoms with Crippen LogP contribution in [0.5, 0.6) is 0 Å². The zero-order valence-electron chi connectivity index (χ0n) is 5.87. The molecule has 0 aliphatic carbocycles. The molecule has 0 aromatic carbocycles. The fourth-order valence-corrected chi connectivity index (χ4v) is 0.364. The van der Waals surface area contributed by atoms with Gasteiger partial charge in [-0.05, 0) is 6.42 Å². The fraction of sp³-hybridized carbons (Fsp3) is 0.667. The number of hydrazone groups is 1. The van der Waals surface area contributed by atoms with E-state index in [0.717, 1.165) is 12.7 Å². The molecule has 3 heteroatoms. The average Bonchev–Trinajstić information content (AvgIpc) is 1.80. The third-order valence-electron chi connectivity index (χ3n) is 0.726. The second-order valence-electron chi connectivity index (χ2n) is 1.89. The van der Waals surface area contributed by atoms with Crippen LogP contribution in [0.15, 0.2) is 5.10 Å². The largest absolute Gasteiger partial charge is 0.303 e. The molecule has 0 aliphatic rings. The molecule has 0 fully saturated rings. The van der Waals surface area contributed by atoms with E-state index in [0.29, 0.717) is 6.42 Å². The van der Waals surface area contributed by atoms with Gasteiger partial charge in [-0.3, -0.25) is 0 Å². The minimum atomic E-state index is 0.567. The highest BCUT2D eigenvalue weighted by atomic mass is 16.1. The monoisotopic (exact) mass is 128 g/mol. The van der Waals surface area contributed by atoms with E-state index in [9.17, 15) is 4.79 Å². The van der Waals surface area contributed by atoms with Crippen molar-refractivity contribution in [3.63, 3.8) is 0 Å². The Balaban J connectivity index is 3.14. The van der Waals surface area contributed by atoms with Crippen LogP contribution in [0.4, 0.5) is 0 Å². The van der Waals surface area contributed by atoms with E-state index in [4.69, 9.17) is 0 Å². The van der Waals surface area contributed by atoms with Crippen LogP contribution in [0.3, 0.4) is 0 Å². The van der Waals surface area contributed by atoms with E-state index < -0.39 is 0 Å². The number of nitrogens with zero attached hydrogens (tertiary/aromatic N) is 2. The molecule has 3 nitrogen and oxygen atoms in total. The average molecular weight is 128 g/mol. The number of carbonyl (C=O) groups excluding carboxylic acids is 1. The van der Waals surface area contributed by atoms with Crippen molar-refractivity contribution in [2.45, 2.75) is 12.8 Å². The van der Waals surface area contributed by atoms with Crippen LogP contribution in [0, 0.1) is 0 Å². The Morgan fingerprint density at radius 3 is 2.56 bits per heavy atom. The number of hydrogen-bond acceptors (Lipinski definition) is 3. The van der Waals surface area contributed by atoms with Gasteiger partial charge in [-0.15, -0.1) is 0 Å². The lowest BCUT2D eigenvalue weighted by Crippen LogP contribution is -2.01.